The van der Waals surface area contributed by atoms with E-state index in [4.69, 9.17) is 9.47 Å². The summed E-state index contributed by atoms with van der Waals surface area (Å²) in [5, 5.41) is 0.481. The number of aromatic nitrogens is 2. The Morgan fingerprint density at radius 3 is 2.46 bits per heavy atom. The predicted octanol–water partition coefficient (Wildman–Crippen LogP) is 4.28. The van der Waals surface area contributed by atoms with Crippen molar-refractivity contribution in [3.05, 3.63) is 94.5 Å². The Balaban J connectivity index is 1.76. The quantitative estimate of drug-likeness (QED) is 0.525. The molecule has 0 aliphatic carbocycles. The van der Waals surface area contributed by atoms with Gasteiger partial charge in [-0.25, -0.2) is 4.98 Å². The zero-order valence-electron chi connectivity index (χ0n) is 15.8. The molecule has 1 aromatic heterocycles. The Hall–Kier alpha value is -3.60. The lowest BCUT2D eigenvalue weighted by Crippen LogP contribution is -2.19. The fourth-order valence-corrected chi connectivity index (χ4v) is 3.14. The minimum Gasteiger partial charge on any atom is -0.493 e. The van der Waals surface area contributed by atoms with Gasteiger partial charge in [-0.05, 0) is 30.2 Å². The maximum Gasteiger partial charge on any atom is 0.265 e. The average Bonchev–Trinajstić information content (AvgIpc) is 2.73. The first-order valence-electron chi connectivity index (χ1n) is 8.99. The van der Waals surface area contributed by atoms with Gasteiger partial charge in [0.25, 0.3) is 5.56 Å². The molecule has 0 atom stereocenters. The van der Waals surface area contributed by atoms with Crippen molar-refractivity contribution in [1.82, 2.24) is 9.55 Å². The lowest BCUT2D eigenvalue weighted by Gasteiger charge is -2.13. The summed E-state index contributed by atoms with van der Waals surface area (Å²) >= 11 is 0. The Morgan fingerprint density at radius 2 is 1.71 bits per heavy atom. The summed E-state index contributed by atoms with van der Waals surface area (Å²) < 4.78 is 12.9. The van der Waals surface area contributed by atoms with E-state index >= 15 is 0 Å². The molecule has 1 heterocycles. The van der Waals surface area contributed by atoms with Gasteiger partial charge < -0.3 is 9.47 Å². The minimum atomic E-state index is -0.146. The molecule has 0 fully saturated rings. The molecule has 0 radical (unpaired) electrons. The number of methoxy groups -OCH3 is 1. The molecule has 0 spiro atoms. The van der Waals surface area contributed by atoms with Crippen LogP contribution in [0.2, 0.25) is 0 Å². The largest absolute Gasteiger partial charge is 0.493 e. The summed E-state index contributed by atoms with van der Waals surface area (Å²) in [5.41, 5.74) is 3.28. The average molecular weight is 372 g/mol. The van der Waals surface area contributed by atoms with Gasteiger partial charge in [0.1, 0.15) is 12.9 Å². The number of aryl methyl sites for hydroxylation is 1. The van der Waals surface area contributed by atoms with Crippen LogP contribution in [0.4, 0.5) is 0 Å². The van der Waals surface area contributed by atoms with Gasteiger partial charge in [0, 0.05) is 6.07 Å². The molecule has 0 saturated heterocycles. The lowest BCUT2D eigenvalue weighted by molar-refractivity contribution is 0.285. The van der Waals surface area contributed by atoms with Gasteiger partial charge in [-0.1, -0.05) is 48.5 Å². The second-order valence-electron chi connectivity index (χ2n) is 6.50. The molecule has 0 amide bonds. The van der Waals surface area contributed by atoms with Crippen molar-refractivity contribution >= 4 is 10.9 Å². The van der Waals surface area contributed by atoms with Crippen molar-refractivity contribution < 1.29 is 9.47 Å². The first-order chi connectivity index (χ1) is 13.7. The SMILES string of the molecule is COc1cc2c(=O)n(-c3ccccc3C)cnc2cc1OCc1ccccc1. The highest BCUT2D eigenvalue weighted by atomic mass is 16.5. The van der Waals surface area contributed by atoms with E-state index in [2.05, 4.69) is 4.98 Å². The van der Waals surface area contributed by atoms with Crippen LogP contribution >= 0.6 is 0 Å². The van der Waals surface area contributed by atoms with Crippen LogP contribution in [0, 0.1) is 6.92 Å². The standard InChI is InChI=1S/C23H20N2O3/c1-16-8-6-7-11-20(16)25-15-24-19-13-22(21(27-2)12-18(19)23(25)26)28-14-17-9-4-3-5-10-17/h3-13,15H,14H2,1-2H3. The summed E-state index contributed by atoms with van der Waals surface area (Å²) in [6.45, 7) is 2.37. The highest BCUT2D eigenvalue weighted by Crippen LogP contribution is 2.31. The van der Waals surface area contributed by atoms with Gasteiger partial charge in [0.2, 0.25) is 0 Å². The van der Waals surface area contributed by atoms with Gasteiger partial charge >= 0.3 is 0 Å². The van der Waals surface area contributed by atoms with Crippen molar-refractivity contribution in [3.63, 3.8) is 0 Å². The number of hydrogen-bond acceptors (Lipinski definition) is 4. The van der Waals surface area contributed by atoms with Gasteiger partial charge in [0.15, 0.2) is 11.5 Å². The fraction of sp³-hybridized carbons (Fsp3) is 0.130. The third-order valence-corrected chi connectivity index (χ3v) is 4.66. The highest BCUT2D eigenvalue weighted by molar-refractivity contribution is 5.82. The molecule has 4 rings (SSSR count). The molecule has 0 aliphatic heterocycles. The Kier molecular flexibility index (Phi) is 4.81. The summed E-state index contributed by atoms with van der Waals surface area (Å²) in [5.74, 6) is 1.06. The van der Waals surface area contributed by atoms with E-state index in [1.807, 2.05) is 61.5 Å². The number of para-hydroxylation sites is 1. The molecule has 0 bridgehead atoms. The third kappa shape index (κ3) is 3.34. The van der Waals surface area contributed by atoms with E-state index in [1.165, 1.54) is 0 Å². The predicted molar refractivity (Wildman–Crippen MR) is 109 cm³/mol. The van der Waals surface area contributed by atoms with Crippen LogP contribution in [0.1, 0.15) is 11.1 Å². The molecule has 0 saturated carbocycles. The number of benzene rings is 3. The molecule has 28 heavy (non-hydrogen) atoms. The maximum atomic E-state index is 13.1. The van der Waals surface area contributed by atoms with Crippen molar-refractivity contribution in [2.75, 3.05) is 7.11 Å². The molecule has 5 nitrogen and oxygen atoms in total. The van der Waals surface area contributed by atoms with Crippen molar-refractivity contribution in [1.29, 1.82) is 0 Å². The van der Waals surface area contributed by atoms with E-state index in [0.29, 0.717) is 29.0 Å². The van der Waals surface area contributed by atoms with Crippen LogP contribution in [0.15, 0.2) is 77.9 Å². The Morgan fingerprint density at radius 1 is 0.964 bits per heavy atom. The van der Waals surface area contributed by atoms with E-state index in [1.54, 1.807) is 30.1 Å². The van der Waals surface area contributed by atoms with E-state index < -0.39 is 0 Å². The van der Waals surface area contributed by atoms with Gasteiger partial charge in [0.05, 0.1) is 23.7 Å². The number of rotatable bonds is 5. The minimum absolute atomic E-state index is 0.146. The van der Waals surface area contributed by atoms with E-state index in [-0.39, 0.29) is 5.56 Å². The first kappa shape index (κ1) is 17.8. The Bertz CT molecular complexity index is 1180. The molecule has 140 valence electrons. The highest BCUT2D eigenvalue weighted by Gasteiger charge is 2.13. The lowest BCUT2D eigenvalue weighted by atomic mass is 10.2. The normalized spacial score (nSPS) is 10.8. The van der Waals surface area contributed by atoms with Crippen LogP contribution in [0.5, 0.6) is 11.5 Å². The van der Waals surface area contributed by atoms with Gasteiger partial charge in [-0.15, -0.1) is 0 Å². The maximum absolute atomic E-state index is 13.1. The monoisotopic (exact) mass is 372 g/mol. The number of fused-ring (bicyclic) bond motifs is 1. The molecular formula is C23H20N2O3. The van der Waals surface area contributed by atoms with Gasteiger partial charge in [-0.3, -0.25) is 9.36 Å². The third-order valence-electron chi connectivity index (χ3n) is 4.66. The second-order valence-corrected chi connectivity index (χ2v) is 6.50. The van der Waals surface area contributed by atoms with E-state index in [9.17, 15) is 4.79 Å². The Labute approximate surface area is 162 Å². The summed E-state index contributed by atoms with van der Waals surface area (Å²) in [6, 6.07) is 21.0. The molecule has 0 aliphatic rings. The van der Waals surface area contributed by atoms with Crippen molar-refractivity contribution in [2.24, 2.45) is 0 Å². The first-order valence-corrected chi connectivity index (χ1v) is 8.99. The van der Waals surface area contributed by atoms with Crippen LogP contribution in [0.25, 0.3) is 16.6 Å². The van der Waals surface area contributed by atoms with Crippen molar-refractivity contribution in [2.45, 2.75) is 13.5 Å². The zero-order valence-corrected chi connectivity index (χ0v) is 15.8. The summed E-state index contributed by atoms with van der Waals surface area (Å²) in [6.07, 6.45) is 1.56. The topological polar surface area (TPSA) is 53.4 Å². The molecular weight excluding hydrogens is 352 g/mol. The smallest absolute Gasteiger partial charge is 0.265 e. The van der Waals surface area contributed by atoms with Crippen molar-refractivity contribution in [3.8, 4) is 17.2 Å². The number of hydrogen-bond donors (Lipinski definition) is 0. The second kappa shape index (κ2) is 7.56. The van der Waals surface area contributed by atoms with Crippen LogP contribution in [-0.4, -0.2) is 16.7 Å². The number of ether oxygens (including phenoxy) is 2. The van der Waals surface area contributed by atoms with Crippen LogP contribution < -0.4 is 15.0 Å². The number of nitrogens with zero attached hydrogens (tertiary/aromatic N) is 2. The van der Waals surface area contributed by atoms with E-state index in [0.717, 1.165) is 16.8 Å². The fourth-order valence-electron chi connectivity index (χ4n) is 3.14. The van der Waals surface area contributed by atoms with Gasteiger partial charge in [-0.2, -0.15) is 0 Å². The van der Waals surface area contributed by atoms with Crippen LogP contribution in [0.3, 0.4) is 0 Å². The van der Waals surface area contributed by atoms with Crippen LogP contribution in [-0.2, 0) is 6.61 Å². The molecule has 5 heteroatoms. The zero-order chi connectivity index (χ0) is 19.5. The molecule has 4 aromatic rings. The summed E-state index contributed by atoms with van der Waals surface area (Å²) in [4.78, 5) is 17.5. The molecule has 0 N–H and O–H groups in total. The molecule has 3 aromatic carbocycles. The molecule has 0 unspecified atom stereocenters. The summed E-state index contributed by atoms with van der Waals surface area (Å²) in [7, 11) is 1.56.